The number of hydrogen-bond donors (Lipinski definition) is 1. The molecule has 5 rings (SSSR count). The summed E-state index contributed by atoms with van der Waals surface area (Å²) >= 11 is 0. The molecule has 8 heteroatoms. The summed E-state index contributed by atoms with van der Waals surface area (Å²) in [6.07, 6.45) is 10.6. The Morgan fingerprint density at radius 3 is 2.55 bits per heavy atom. The van der Waals surface area contributed by atoms with Crippen molar-refractivity contribution in [3.63, 3.8) is 0 Å². The van der Waals surface area contributed by atoms with E-state index in [1.54, 1.807) is 4.90 Å². The molecule has 1 spiro atoms. The molecule has 0 aliphatic carbocycles. The summed E-state index contributed by atoms with van der Waals surface area (Å²) in [6, 6.07) is 4.32. The minimum Gasteiger partial charge on any atom is -0.465 e. The molecule has 1 aromatic carbocycles. The first-order valence-electron chi connectivity index (χ1n) is 14.6. The minimum absolute atomic E-state index is 0.167. The molecule has 0 aromatic heterocycles. The van der Waals surface area contributed by atoms with Crippen LogP contribution in [0.2, 0.25) is 0 Å². The molecule has 4 aliphatic heterocycles. The highest BCUT2D eigenvalue weighted by Gasteiger charge is 2.75. The van der Waals surface area contributed by atoms with E-state index in [0.29, 0.717) is 13.0 Å². The summed E-state index contributed by atoms with van der Waals surface area (Å²) in [5, 5.41) is 10.5. The van der Waals surface area contributed by atoms with Crippen molar-refractivity contribution in [1.82, 2.24) is 4.90 Å². The number of carbonyl (C=O) groups is 3. The summed E-state index contributed by atoms with van der Waals surface area (Å²) < 4.78 is 12.6. The zero-order valence-corrected chi connectivity index (χ0v) is 24.3. The van der Waals surface area contributed by atoms with Crippen molar-refractivity contribution >= 4 is 23.5 Å². The number of fused-ring (bicyclic) bond motifs is 2. The molecule has 2 fully saturated rings. The first-order valence-corrected chi connectivity index (χ1v) is 14.6. The summed E-state index contributed by atoms with van der Waals surface area (Å²) in [6.45, 7) is 10.1. The number of allylic oxidation sites excluding steroid dienone is 1. The van der Waals surface area contributed by atoms with Gasteiger partial charge in [0.15, 0.2) is 0 Å². The van der Waals surface area contributed by atoms with Gasteiger partial charge in [-0.15, -0.1) is 0 Å². The van der Waals surface area contributed by atoms with Gasteiger partial charge in [0.05, 0.1) is 30.8 Å². The molecule has 0 saturated carbocycles. The molecule has 0 radical (unpaired) electrons. The van der Waals surface area contributed by atoms with Crippen LogP contribution in [-0.2, 0) is 23.9 Å². The Morgan fingerprint density at radius 2 is 1.82 bits per heavy atom. The van der Waals surface area contributed by atoms with E-state index in [9.17, 15) is 19.5 Å². The molecule has 6 atom stereocenters. The van der Waals surface area contributed by atoms with Gasteiger partial charge in [-0.2, -0.15) is 0 Å². The number of aliphatic hydroxyl groups excluding tert-OH is 1. The van der Waals surface area contributed by atoms with E-state index in [0.717, 1.165) is 36.1 Å². The lowest BCUT2D eigenvalue weighted by molar-refractivity contribution is -0.160. The number of aryl methyl sites for hydroxylation is 2. The van der Waals surface area contributed by atoms with E-state index in [-0.39, 0.29) is 30.9 Å². The summed E-state index contributed by atoms with van der Waals surface area (Å²) in [4.78, 5) is 46.2. The average Bonchev–Trinajstić information content (AvgIpc) is 3.24. The van der Waals surface area contributed by atoms with Gasteiger partial charge in [-0.25, -0.2) is 0 Å². The number of cyclic esters (lactones) is 1. The van der Waals surface area contributed by atoms with Crippen LogP contribution in [0.25, 0.3) is 0 Å². The van der Waals surface area contributed by atoms with Crippen molar-refractivity contribution in [1.29, 1.82) is 0 Å². The molecule has 216 valence electrons. The lowest BCUT2D eigenvalue weighted by atomic mass is 9.74. The Balaban J connectivity index is 1.69. The van der Waals surface area contributed by atoms with Gasteiger partial charge in [-0.3, -0.25) is 14.4 Å². The quantitative estimate of drug-likeness (QED) is 0.442. The van der Waals surface area contributed by atoms with Gasteiger partial charge in [0.2, 0.25) is 5.91 Å². The van der Waals surface area contributed by atoms with Crippen LogP contribution in [0.3, 0.4) is 0 Å². The van der Waals surface area contributed by atoms with Crippen molar-refractivity contribution in [2.45, 2.75) is 83.6 Å². The van der Waals surface area contributed by atoms with Gasteiger partial charge < -0.3 is 24.4 Å². The Labute approximate surface area is 237 Å². The lowest BCUT2D eigenvalue weighted by Crippen LogP contribution is -2.59. The number of likely N-dealkylation sites (tertiary alicyclic amines) is 1. The second-order valence-electron chi connectivity index (χ2n) is 12.4. The molecular weight excluding hydrogens is 508 g/mol. The normalized spacial score (nSPS) is 33.8. The largest absolute Gasteiger partial charge is 0.465 e. The number of esters is 1. The summed E-state index contributed by atoms with van der Waals surface area (Å²) in [5.74, 6) is -2.82. The van der Waals surface area contributed by atoms with Crippen LogP contribution in [0.4, 0.5) is 5.69 Å². The number of rotatable bonds is 5. The Morgan fingerprint density at radius 1 is 1.05 bits per heavy atom. The highest BCUT2D eigenvalue weighted by molar-refractivity contribution is 6.06. The maximum atomic E-state index is 14.7. The third kappa shape index (κ3) is 4.59. The van der Waals surface area contributed by atoms with Gasteiger partial charge in [0, 0.05) is 12.2 Å². The van der Waals surface area contributed by atoms with Crippen LogP contribution in [0, 0.1) is 31.6 Å². The molecule has 0 bridgehead atoms. The minimum atomic E-state index is -1.39. The second-order valence-corrected chi connectivity index (χ2v) is 12.4. The fourth-order valence-electron chi connectivity index (χ4n) is 7.18. The SMILES string of the molecule is Cc1ccc(C)c(N2CC=C[C@]34O[C@@]5(C)/C=C\CCCCOC(=O)[C@H]5[C@H]3C(=O)N([C@@H](CO)CC(C)C)C4C2=O)c1. The van der Waals surface area contributed by atoms with Crippen LogP contribution in [0.5, 0.6) is 0 Å². The molecule has 1 N–H and O–H groups in total. The van der Waals surface area contributed by atoms with E-state index in [4.69, 9.17) is 9.47 Å². The molecule has 2 amide bonds. The number of nitrogens with zero attached hydrogens (tertiary/aromatic N) is 2. The molecule has 1 aromatic rings. The molecule has 1 unspecified atom stereocenters. The van der Waals surface area contributed by atoms with Gasteiger partial charge in [-0.05, 0) is 69.6 Å². The lowest BCUT2D eigenvalue weighted by Gasteiger charge is -2.40. The molecule has 8 nitrogen and oxygen atoms in total. The first kappa shape index (κ1) is 28.6. The zero-order chi connectivity index (χ0) is 28.8. The number of amides is 2. The van der Waals surface area contributed by atoms with Gasteiger partial charge in [0.1, 0.15) is 17.6 Å². The van der Waals surface area contributed by atoms with Gasteiger partial charge in [-0.1, -0.05) is 50.3 Å². The highest BCUT2D eigenvalue weighted by Crippen LogP contribution is 2.57. The standard InChI is InChI=1S/C32H42N2O6/c1-20(2)17-23(19-35)34-27-29(37)33(24-18-21(3)11-12-22(24)4)15-10-14-32(27)25(28(34)36)26-30(38)39-16-9-7-6-8-13-31(26,5)40-32/h8,10-14,18,20,23,25-27,35H,6-7,9,15-17,19H2,1-5H3/b13-8-/t23-,25+,26-,27?,31+,32+/m1/s1. The monoisotopic (exact) mass is 550 g/mol. The fourth-order valence-corrected chi connectivity index (χ4v) is 7.18. The van der Waals surface area contributed by atoms with E-state index >= 15 is 0 Å². The van der Waals surface area contributed by atoms with E-state index in [1.165, 1.54) is 4.90 Å². The third-order valence-corrected chi connectivity index (χ3v) is 8.94. The van der Waals surface area contributed by atoms with E-state index in [1.807, 2.05) is 77.1 Å². The van der Waals surface area contributed by atoms with Gasteiger partial charge in [0.25, 0.3) is 5.91 Å². The van der Waals surface area contributed by atoms with Crippen molar-refractivity contribution in [2.75, 3.05) is 24.7 Å². The van der Waals surface area contributed by atoms with Crippen molar-refractivity contribution < 1.29 is 29.0 Å². The van der Waals surface area contributed by atoms with E-state index < -0.39 is 41.1 Å². The van der Waals surface area contributed by atoms with E-state index in [2.05, 4.69) is 0 Å². The topological polar surface area (TPSA) is 96.4 Å². The van der Waals surface area contributed by atoms with Crippen LogP contribution in [0.15, 0.2) is 42.5 Å². The fraction of sp³-hybridized carbons (Fsp3) is 0.594. The maximum absolute atomic E-state index is 14.7. The molecular formula is C32H42N2O6. The Kier molecular flexibility index (Phi) is 7.70. The van der Waals surface area contributed by atoms with Crippen molar-refractivity contribution in [3.8, 4) is 0 Å². The molecule has 4 aliphatic rings. The number of benzene rings is 1. The Hall–Kier alpha value is -2.97. The van der Waals surface area contributed by atoms with Crippen molar-refractivity contribution in [2.24, 2.45) is 17.8 Å². The van der Waals surface area contributed by atoms with Crippen LogP contribution in [0.1, 0.15) is 57.6 Å². The van der Waals surface area contributed by atoms with Crippen LogP contribution >= 0.6 is 0 Å². The molecule has 40 heavy (non-hydrogen) atoms. The smallest absolute Gasteiger partial charge is 0.313 e. The van der Waals surface area contributed by atoms with Crippen LogP contribution in [-0.4, -0.2) is 70.8 Å². The van der Waals surface area contributed by atoms with Crippen LogP contribution < -0.4 is 4.90 Å². The summed E-state index contributed by atoms with van der Waals surface area (Å²) in [5.41, 5.74) is 0.211. The number of anilines is 1. The first-order chi connectivity index (χ1) is 19.0. The predicted octanol–water partition coefficient (Wildman–Crippen LogP) is 3.87. The zero-order valence-electron chi connectivity index (χ0n) is 24.3. The number of hydrogen-bond acceptors (Lipinski definition) is 6. The second kappa shape index (κ2) is 10.8. The molecule has 2 saturated heterocycles. The number of ether oxygens (including phenoxy) is 2. The maximum Gasteiger partial charge on any atom is 0.313 e. The average molecular weight is 551 g/mol. The Bertz CT molecular complexity index is 1240. The summed E-state index contributed by atoms with van der Waals surface area (Å²) in [7, 11) is 0. The number of carbonyl (C=O) groups excluding carboxylic acids is 3. The third-order valence-electron chi connectivity index (χ3n) is 8.94. The van der Waals surface area contributed by atoms with Crippen molar-refractivity contribution in [3.05, 3.63) is 53.6 Å². The predicted molar refractivity (Wildman–Crippen MR) is 152 cm³/mol. The number of aliphatic hydroxyl groups is 1. The van der Waals surface area contributed by atoms with Gasteiger partial charge >= 0.3 is 5.97 Å². The molecule has 4 heterocycles. The highest BCUT2D eigenvalue weighted by atomic mass is 16.6.